The lowest BCUT2D eigenvalue weighted by Crippen LogP contribution is -2.62. The molecule has 1 N–H and O–H groups in total. The van der Waals surface area contributed by atoms with Crippen LogP contribution in [-0.2, 0) is 4.74 Å². The molecule has 4 heterocycles. The lowest BCUT2D eigenvalue weighted by Gasteiger charge is -2.53. The number of ether oxygens (including phenoxy) is 2. The second kappa shape index (κ2) is 11.5. The summed E-state index contributed by atoms with van der Waals surface area (Å²) in [5, 5.41) is 4.11. The number of piperidine rings is 2. The Morgan fingerprint density at radius 3 is 2.36 bits per heavy atom. The van der Waals surface area contributed by atoms with Gasteiger partial charge >= 0.3 is 12.3 Å². The second-order valence-electron chi connectivity index (χ2n) is 13.1. The molecule has 3 fully saturated rings. The predicted molar refractivity (Wildman–Crippen MR) is 159 cm³/mol. The third-order valence-electron chi connectivity index (χ3n) is 8.31. The summed E-state index contributed by atoms with van der Waals surface area (Å²) in [5.74, 6) is 1.14. The van der Waals surface area contributed by atoms with Gasteiger partial charge in [-0.3, -0.25) is 0 Å². The minimum atomic E-state index is -4.49. The van der Waals surface area contributed by atoms with E-state index in [2.05, 4.69) is 38.1 Å². The molecule has 3 aliphatic rings. The predicted octanol–water partition coefficient (Wildman–Crippen LogP) is 5.99. The quantitative estimate of drug-likeness (QED) is 0.421. The van der Waals surface area contributed by atoms with E-state index >= 15 is 0 Å². The Kier molecular flexibility index (Phi) is 8.47. The number of nitrogens with zero attached hydrogens (tertiary/aromatic N) is 5. The van der Waals surface area contributed by atoms with Gasteiger partial charge in [0.1, 0.15) is 16.9 Å². The van der Waals surface area contributed by atoms with Gasteiger partial charge in [-0.25, -0.2) is 9.78 Å². The van der Waals surface area contributed by atoms with Gasteiger partial charge in [-0.05, 0) is 101 Å². The maximum atomic E-state index is 13.2. The third kappa shape index (κ3) is 6.98. The van der Waals surface area contributed by atoms with Crippen molar-refractivity contribution in [1.82, 2.24) is 19.8 Å². The van der Waals surface area contributed by atoms with E-state index in [1.807, 2.05) is 33.8 Å². The van der Waals surface area contributed by atoms with Crippen LogP contribution in [0.25, 0.3) is 10.9 Å². The van der Waals surface area contributed by atoms with Crippen LogP contribution < -0.4 is 15.0 Å². The molecule has 1 amide bonds. The molecule has 0 aliphatic carbocycles. The maximum absolute atomic E-state index is 13.2. The zero-order valence-electron chi connectivity index (χ0n) is 24.9. The van der Waals surface area contributed by atoms with E-state index in [4.69, 9.17) is 19.4 Å². The lowest BCUT2D eigenvalue weighted by atomic mass is 9.72. The number of carbonyl (C=O) groups excluding carboxylic acids is 1. The fourth-order valence-electron chi connectivity index (χ4n) is 5.98. The number of alkyl halides is 3. The van der Waals surface area contributed by atoms with Crippen molar-refractivity contribution in [2.75, 3.05) is 63.1 Å². The third-order valence-corrected chi connectivity index (χ3v) is 9.29. The molecule has 232 valence electrons. The maximum Gasteiger partial charge on any atom is 0.422 e. The van der Waals surface area contributed by atoms with Crippen LogP contribution in [0, 0.1) is 12.3 Å². The minimum absolute atomic E-state index is 0.0331. The lowest BCUT2D eigenvalue weighted by molar-refractivity contribution is -0.153. The number of aromatic nitrogens is 2. The molecule has 5 rings (SSSR count). The molecular weight excluding hydrogens is 617 g/mol. The number of aryl methyl sites for hydroxylation is 1. The monoisotopic (exact) mass is 656 g/mol. The Balaban J connectivity index is 1.41. The van der Waals surface area contributed by atoms with Crippen LogP contribution in [0.5, 0.6) is 5.75 Å². The fourth-order valence-corrected chi connectivity index (χ4v) is 6.40. The van der Waals surface area contributed by atoms with Crippen molar-refractivity contribution < 1.29 is 27.4 Å². The number of fused-ring (bicyclic) bond motifs is 1. The molecule has 0 saturated carbocycles. The van der Waals surface area contributed by atoms with Crippen molar-refractivity contribution in [3.63, 3.8) is 0 Å². The molecule has 1 aromatic carbocycles. The zero-order chi connectivity index (χ0) is 30.4. The van der Waals surface area contributed by atoms with Crippen LogP contribution >= 0.6 is 15.9 Å². The van der Waals surface area contributed by atoms with E-state index in [-0.39, 0.29) is 23.3 Å². The summed E-state index contributed by atoms with van der Waals surface area (Å²) in [6, 6.07) is 2.07. The van der Waals surface area contributed by atoms with Gasteiger partial charge in [-0.2, -0.15) is 18.2 Å². The second-order valence-corrected chi connectivity index (χ2v) is 13.8. The molecule has 9 nitrogen and oxygen atoms in total. The van der Waals surface area contributed by atoms with E-state index < -0.39 is 18.4 Å². The number of hydrogen-bond donors (Lipinski definition) is 1. The highest BCUT2D eigenvalue weighted by Crippen LogP contribution is 2.44. The van der Waals surface area contributed by atoms with Gasteiger partial charge in [-0.1, -0.05) is 0 Å². The summed E-state index contributed by atoms with van der Waals surface area (Å²) >= 11 is 3.45. The molecule has 2 aromatic rings. The van der Waals surface area contributed by atoms with E-state index in [0.29, 0.717) is 53.3 Å². The summed E-state index contributed by atoms with van der Waals surface area (Å²) in [6.07, 6.45) is -1.21. The fraction of sp³-hybridized carbons (Fsp3) is 0.690. The van der Waals surface area contributed by atoms with Gasteiger partial charge in [0, 0.05) is 43.0 Å². The van der Waals surface area contributed by atoms with Crippen molar-refractivity contribution in [1.29, 1.82) is 0 Å². The van der Waals surface area contributed by atoms with E-state index in [0.717, 1.165) is 44.3 Å². The van der Waals surface area contributed by atoms with Crippen LogP contribution in [0.4, 0.5) is 29.7 Å². The number of hydrogen-bond acceptors (Lipinski definition) is 8. The van der Waals surface area contributed by atoms with E-state index in [9.17, 15) is 18.0 Å². The molecule has 0 radical (unpaired) electrons. The number of carbonyl (C=O) groups is 1. The summed E-state index contributed by atoms with van der Waals surface area (Å²) in [4.78, 5) is 28.4. The van der Waals surface area contributed by atoms with E-state index in [1.165, 1.54) is 0 Å². The van der Waals surface area contributed by atoms with Crippen molar-refractivity contribution in [2.24, 2.45) is 5.41 Å². The van der Waals surface area contributed by atoms with Gasteiger partial charge in [0.2, 0.25) is 5.95 Å². The molecule has 3 saturated heterocycles. The Labute approximate surface area is 253 Å². The Hall–Kier alpha value is -2.54. The number of likely N-dealkylation sites (tertiary alicyclic amines) is 2. The molecule has 3 aliphatic heterocycles. The molecular formula is C29H40BrF3N6O3. The smallest absolute Gasteiger partial charge is 0.422 e. The number of amides is 1. The molecule has 42 heavy (non-hydrogen) atoms. The first kappa shape index (κ1) is 30.9. The first-order chi connectivity index (χ1) is 19.6. The standard InChI is InChI=1S/C29H40BrF3N6O3/c1-18-14-20-22(23(21(18)30)41-17-29(31,32)33)35-25(34-19-6-10-37(5)11-7-19)36-24(20)38-12-8-28(9-13-38)15-39(16-28)26(40)42-27(2,3)4/h14,19H,6-13,15-17H2,1-5H3,(H,34,35,36). The number of halogens is 4. The normalized spacial score (nSPS) is 20.1. The molecule has 0 bridgehead atoms. The van der Waals surface area contributed by atoms with Crippen LogP contribution in [0.15, 0.2) is 10.5 Å². The molecule has 0 unspecified atom stereocenters. The summed E-state index contributed by atoms with van der Waals surface area (Å²) in [6.45, 7) is 10.6. The van der Waals surface area contributed by atoms with Crippen LogP contribution in [0.2, 0.25) is 0 Å². The number of anilines is 2. The Bertz CT molecular complexity index is 1310. The number of rotatable bonds is 5. The largest absolute Gasteiger partial charge is 0.481 e. The topological polar surface area (TPSA) is 83.1 Å². The van der Waals surface area contributed by atoms with Crippen LogP contribution in [0.3, 0.4) is 0 Å². The average molecular weight is 658 g/mol. The van der Waals surface area contributed by atoms with Gasteiger partial charge in [-0.15, -0.1) is 0 Å². The first-order valence-corrected chi connectivity index (χ1v) is 15.3. The van der Waals surface area contributed by atoms with Crippen molar-refractivity contribution in [3.8, 4) is 5.75 Å². The van der Waals surface area contributed by atoms with Crippen LogP contribution in [-0.4, -0.2) is 96.6 Å². The highest BCUT2D eigenvalue weighted by Gasteiger charge is 2.48. The van der Waals surface area contributed by atoms with Gasteiger partial charge in [0.05, 0.1) is 4.47 Å². The summed E-state index contributed by atoms with van der Waals surface area (Å²) < 4.78 is 51.0. The molecule has 1 spiro atoms. The van der Waals surface area contributed by atoms with Gasteiger partial charge in [0.25, 0.3) is 0 Å². The molecule has 0 atom stereocenters. The van der Waals surface area contributed by atoms with Gasteiger partial charge in [0.15, 0.2) is 12.4 Å². The SMILES string of the molecule is Cc1cc2c(N3CCC4(CC3)CN(C(=O)OC(C)(C)C)C4)nc(NC3CCN(C)CC3)nc2c(OCC(F)(F)F)c1Br. The average Bonchev–Trinajstić information content (AvgIpc) is 2.87. The highest BCUT2D eigenvalue weighted by atomic mass is 79.9. The highest BCUT2D eigenvalue weighted by molar-refractivity contribution is 9.10. The van der Waals surface area contributed by atoms with Crippen LogP contribution in [0.1, 0.15) is 52.0 Å². The molecule has 1 aromatic heterocycles. The van der Waals surface area contributed by atoms with E-state index in [1.54, 1.807) is 4.90 Å². The summed E-state index contributed by atoms with van der Waals surface area (Å²) in [5.41, 5.74) is 0.579. The van der Waals surface area contributed by atoms with Crippen molar-refractivity contribution in [3.05, 3.63) is 16.1 Å². The number of benzene rings is 1. The zero-order valence-corrected chi connectivity index (χ0v) is 26.5. The first-order valence-electron chi connectivity index (χ1n) is 14.5. The van der Waals surface area contributed by atoms with Crippen molar-refractivity contribution in [2.45, 2.75) is 71.2 Å². The molecule has 13 heteroatoms. The summed E-state index contributed by atoms with van der Waals surface area (Å²) in [7, 11) is 2.09. The van der Waals surface area contributed by atoms with Crippen molar-refractivity contribution >= 4 is 44.7 Å². The van der Waals surface area contributed by atoms with Gasteiger partial charge < -0.3 is 29.5 Å². The Morgan fingerprint density at radius 2 is 1.76 bits per heavy atom. The minimum Gasteiger partial charge on any atom is -0.481 e. The Morgan fingerprint density at radius 1 is 1.12 bits per heavy atom. The number of nitrogens with one attached hydrogen (secondary N) is 1.